The Kier molecular flexibility index (Phi) is 7.30. The van der Waals surface area contributed by atoms with Gasteiger partial charge in [0.1, 0.15) is 6.61 Å². The number of nitrogens with one attached hydrogen (secondary N) is 1. The first-order valence-corrected chi connectivity index (χ1v) is 9.99. The van der Waals surface area contributed by atoms with Crippen LogP contribution in [-0.4, -0.2) is 45.8 Å². The van der Waals surface area contributed by atoms with Gasteiger partial charge in [0.25, 0.3) is 0 Å². The second-order valence-corrected chi connectivity index (χ2v) is 7.22. The standard InChI is InChI=1S/C23H28N2O5/c1-16(17-9-10-20(21(13-17)29-3)30-12-11-28-2)24-23(27)18-14-22(26)25(15-18)19-7-5-4-6-8-19/h4-10,13,16,18H,11-12,14-15H2,1-3H3,(H,24,27). The molecule has 2 atom stereocenters. The average Bonchev–Trinajstić information content (AvgIpc) is 3.16. The Labute approximate surface area is 176 Å². The number of methoxy groups -OCH3 is 2. The zero-order chi connectivity index (χ0) is 21.5. The molecule has 7 heteroatoms. The van der Waals surface area contributed by atoms with Gasteiger partial charge in [-0.3, -0.25) is 9.59 Å². The highest BCUT2D eigenvalue weighted by Gasteiger charge is 2.35. The van der Waals surface area contributed by atoms with Crippen LogP contribution in [0.5, 0.6) is 11.5 Å². The maximum atomic E-state index is 12.8. The third-order valence-corrected chi connectivity index (χ3v) is 5.16. The molecular formula is C23H28N2O5. The number of carbonyl (C=O) groups excluding carboxylic acids is 2. The Morgan fingerprint density at radius 2 is 1.90 bits per heavy atom. The van der Waals surface area contributed by atoms with E-state index in [2.05, 4.69) is 5.32 Å². The van der Waals surface area contributed by atoms with Crippen LogP contribution in [0.3, 0.4) is 0 Å². The van der Waals surface area contributed by atoms with Crippen molar-refractivity contribution in [2.75, 3.05) is 38.9 Å². The van der Waals surface area contributed by atoms with Crippen molar-refractivity contribution in [2.24, 2.45) is 5.92 Å². The van der Waals surface area contributed by atoms with Crippen LogP contribution in [0.1, 0.15) is 24.9 Å². The maximum absolute atomic E-state index is 12.8. The van der Waals surface area contributed by atoms with Crippen LogP contribution in [0.25, 0.3) is 0 Å². The highest BCUT2D eigenvalue weighted by atomic mass is 16.5. The SMILES string of the molecule is COCCOc1ccc(C(C)NC(=O)C2CC(=O)N(c3ccccc3)C2)cc1OC. The van der Waals surface area contributed by atoms with Crippen LogP contribution >= 0.6 is 0 Å². The van der Waals surface area contributed by atoms with E-state index in [1.54, 1.807) is 19.1 Å². The average molecular weight is 412 g/mol. The minimum atomic E-state index is -0.376. The zero-order valence-corrected chi connectivity index (χ0v) is 17.6. The minimum absolute atomic E-state index is 0.0340. The topological polar surface area (TPSA) is 77.1 Å². The monoisotopic (exact) mass is 412 g/mol. The molecule has 2 amide bonds. The summed E-state index contributed by atoms with van der Waals surface area (Å²) in [6.45, 7) is 3.20. The molecule has 0 spiro atoms. The molecule has 0 aromatic heterocycles. The van der Waals surface area contributed by atoms with Crippen molar-refractivity contribution in [1.29, 1.82) is 0 Å². The van der Waals surface area contributed by atoms with E-state index >= 15 is 0 Å². The van der Waals surface area contributed by atoms with E-state index in [0.717, 1.165) is 11.3 Å². The van der Waals surface area contributed by atoms with Gasteiger partial charge in [-0.05, 0) is 36.8 Å². The molecule has 30 heavy (non-hydrogen) atoms. The second-order valence-electron chi connectivity index (χ2n) is 7.22. The quantitative estimate of drug-likeness (QED) is 0.641. The molecular weight excluding hydrogens is 384 g/mol. The normalized spacial score (nSPS) is 17.0. The molecule has 0 bridgehead atoms. The summed E-state index contributed by atoms with van der Waals surface area (Å²) in [5.41, 5.74) is 1.71. The number of rotatable bonds is 9. The van der Waals surface area contributed by atoms with Gasteiger partial charge < -0.3 is 24.4 Å². The van der Waals surface area contributed by atoms with E-state index < -0.39 is 0 Å². The molecule has 1 N–H and O–H groups in total. The number of anilines is 1. The molecule has 2 aromatic rings. The summed E-state index contributed by atoms with van der Waals surface area (Å²) < 4.78 is 16.1. The van der Waals surface area contributed by atoms with E-state index in [1.807, 2.05) is 55.5 Å². The van der Waals surface area contributed by atoms with Crippen LogP contribution in [0.2, 0.25) is 0 Å². The first kappa shape index (κ1) is 21.6. The summed E-state index contributed by atoms with van der Waals surface area (Å²) >= 11 is 0. The molecule has 1 aliphatic heterocycles. The molecule has 7 nitrogen and oxygen atoms in total. The molecule has 0 radical (unpaired) electrons. The number of hydrogen-bond donors (Lipinski definition) is 1. The Morgan fingerprint density at radius 1 is 1.13 bits per heavy atom. The van der Waals surface area contributed by atoms with Gasteiger partial charge >= 0.3 is 0 Å². The molecule has 2 unspecified atom stereocenters. The lowest BCUT2D eigenvalue weighted by atomic mass is 10.0. The molecule has 1 saturated heterocycles. The van der Waals surface area contributed by atoms with Crippen molar-refractivity contribution >= 4 is 17.5 Å². The van der Waals surface area contributed by atoms with Gasteiger partial charge in [-0.1, -0.05) is 24.3 Å². The summed E-state index contributed by atoms with van der Waals surface area (Å²) in [5.74, 6) is 0.674. The van der Waals surface area contributed by atoms with Crippen molar-refractivity contribution in [3.63, 3.8) is 0 Å². The lowest BCUT2D eigenvalue weighted by molar-refractivity contribution is -0.126. The van der Waals surface area contributed by atoms with Crippen LogP contribution in [0, 0.1) is 5.92 Å². The van der Waals surface area contributed by atoms with Crippen LogP contribution in [0.4, 0.5) is 5.69 Å². The number of carbonyl (C=O) groups is 2. The summed E-state index contributed by atoms with van der Waals surface area (Å²) in [5, 5.41) is 3.02. The van der Waals surface area contributed by atoms with Crippen molar-refractivity contribution in [2.45, 2.75) is 19.4 Å². The summed E-state index contributed by atoms with van der Waals surface area (Å²) in [4.78, 5) is 26.8. The largest absolute Gasteiger partial charge is 0.493 e. The van der Waals surface area contributed by atoms with Gasteiger partial charge in [0.2, 0.25) is 11.8 Å². The van der Waals surface area contributed by atoms with E-state index in [9.17, 15) is 9.59 Å². The Morgan fingerprint density at radius 3 is 2.60 bits per heavy atom. The smallest absolute Gasteiger partial charge is 0.227 e. The highest BCUT2D eigenvalue weighted by Crippen LogP contribution is 2.31. The van der Waals surface area contributed by atoms with E-state index in [4.69, 9.17) is 14.2 Å². The van der Waals surface area contributed by atoms with Gasteiger partial charge in [0.15, 0.2) is 11.5 Å². The number of amides is 2. The third-order valence-electron chi connectivity index (χ3n) is 5.16. The minimum Gasteiger partial charge on any atom is -0.493 e. The van der Waals surface area contributed by atoms with Gasteiger partial charge in [0, 0.05) is 25.8 Å². The fourth-order valence-corrected chi connectivity index (χ4v) is 3.46. The number of hydrogen-bond acceptors (Lipinski definition) is 5. The predicted octanol–water partition coefficient (Wildman–Crippen LogP) is 2.95. The Hall–Kier alpha value is -3.06. The van der Waals surface area contributed by atoms with Crippen molar-refractivity contribution in [3.05, 3.63) is 54.1 Å². The van der Waals surface area contributed by atoms with Gasteiger partial charge in [0.05, 0.1) is 25.7 Å². The lowest BCUT2D eigenvalue weighted by Crippen LogP contribution is -2.34. The molecule has 1 fully saturated rings. The Bertz CT molecular complexity index is 871. The van der Waals surface area contributed by atoms with Gasteiger partial charge in [-0.25, -0.2) is 0 Å². The molecule has 2 aromatic carbocycles. The first-order valence-electron chi connectivity index (χ1n) is 9.99. The van der Waals surface area contributed by atoms with Crippen LogP contribution in [-0.2, 0) is 14.3 Å². The molecule has 0 saturated carbocycles. The van der Waals surface area contributed by atoms with E-state index in [1.165, 1.54) is 0 Å². The van der Waals surface area contributed by atoms with Gasteiger partial charge in [-0.15, -0.1) is 0 Å². The lowest BCUT2D eigenvalue weighted by Gasteiger charge is -2.20. The van der Waals surface area contributed by atoms with Crippen molar-refractivity contribution in [1.82, 2.24) is 5.32 Å². The van der Waals surface area contributed by atoms with Crippen molar-refractivity contribution in [3.8, 4) is 11.5 Å². The van der Waals surface area contributed by atoms with Crippen molar-refractivity contribution < 1.29 is 23.8 Å². The second kappa shape index (κ2) is 10.1. The summed E-state index contributed by atoms with van der Waals surface area (Å²) in [6.07, 6.45) is 0.211. The number of para-hydroxylation sites is 1. The number of benzene rings is 2. The molecule has 3 rings (SSSR count). The predicted molar refractivity (Wildman–Crippen MR) is 114 cm³/mol. The molecule has 0 aliphatic carbocycles. The third kappa shape index (κ3) is 5.10. The van der Waals surface area contributed by atoms with Crippen LogP contribution in [0.15, 0.2) is 48.5 Å². The molecule has 1 heterocycles. The number of nitrogens with zero attached hydrogens (tertiary/aromatic N) is 1. The van der Waals surface area contributed by atoms with Crippen LogP contribution < -0.4 is 19.7 Å². The summed E-state index contributed by atoms with van der Waals surface area (Å²) in [7, 11) is 3.19. The van der Waals surface area contributed by atoms with E-state index in [0.29, 0.717) is 31.3 Å². The molecule has 160 valence electrons. The molecule has 1 aliphatic rings. The first-order chi connectivity index (χ1) is 14.5. The fraction of sp³-hybridized carbons (Fsp3) is 0.391. The summed E-state index contributed by atoms with van der Waals surface area (Å²) in [6, 6.07) is 14.8. The highest BCUT2D eigenvalue weighted by molar-refractivity contribution is 6.00. The zero-order valence-electron chi connectivity index (χ0n) is 17.6. The van der Waals surface area contributed by atoms with Gasteiger partial charge in [-0.2, -0.15) is 0 Å². The Balaban J connectivity index is 1.62. The fourth-order valence-electron chi connectivity index (χ4n) is 3.46. The van der Waals surface area contributed by atoms with E-state index in [-0.39, 0.29) is 30.2 Å². The number of ether oxygens (including phenoxy) is 3. The maximum Gasteiger partial charge on any atom is 0.227 e.